The molecule has 0 bridgehead atoms. The molecule has 0 aliphatic heterocycles. The second-order valence-electron chi connectivity index (χ2n) is 3.43. The van der Waals surface area contributed by atoms with Crippen molar-refractivity contribution in [3.8, 4) is 0 Å². The van der Waals surface area contributed by atoms with Crippen molar-refractivity contribution < 1.29 is 9.53 Å². The fraction of sp³-hybridized carbons (Fsp3) is 0.364. The Morgan fingerprint density at radius 1 is 1.53 bits per heavy atom. The van der Waals surface area contributed by atoms with Gasteiger partial charge in [-0.1, -0.05) is 15.9 Å². The van der Waals surface area contributed by atoms with Crippen molar-refractivity contribution >= 4 is 33.2 Å². The van der Waals surface area contributed by atoms with Crippen LogP contribution in [0.3, 0.4) is 0 Å². The Balaban J connectivity index is 2.39. The van der Waals surface area contributed by atoms with Gasteiger partial charge < -0.3 is 21.1 Å². The summed E-state index contributed by atoms with van der Waals surface area (Å²) >= 11 is 3.34. The van der Waals surface area contributed by atoms with Crippen molar-refractivity contribution in [2.75, 3.05) is 37.9 Å². The lowest BCUT2D eigenvalue weighted by molar-refractivity contribution is -0.119. The predicted molar refractivity (Wildman–Crippen MR) is 71.9 cm³/mol. The van der Waals surface area contributed by atoms with Gasteiger partial charge in [0, 0.05) is 18.1 Å². The molecule has 5 nitrogen and oxygen atoms in total. The number of amides is 1. The van der Waals surface area contributed by atoms with Gasteiger partial charge in [-0.15, -0.1) is 0 Å². The molecule has 1 aromatic carbocycles. The van der Waals surface area contributed by atoms with Crippen molar-refractivity contribution in [2.24, 2.45) is 0 Å². The molecule has 0 saturated heterocycles. The van der Waals surface area contributed by atoms with E-state index in [4.69, 9.17) is 10.5 Å². The number of methoxy groups -OCH3 is 1. The molecular formula is C11H16BrN3O2. The molecule has 0 spiro atoms. The topological polar surface area (TPSA) is 76.4 Å². The van der Waals surface area contributed by atoms with Gasteiger partial charge in [-0.05, 0) is 18.2 Å². The van der Waals surface area contributed by atoms with E-state index in [1.807, 2.05) is 12.1 Å². The largest absolute Gasteiger partial charge is 0.397 e. The monoisotopic (exact) mass is 301 g/mol. The maximum atomic E-state index is 11.4. The molecule has 1 amide bonds. The van der Waals surface area contributed by atoms with E-state index in [1.165, 1.54) is 0 Å². The molecule has 1 rings (SSSR count). The number of nitrogens with one attached hydrogen (secondary N) is 2. The van der Waals surface area contributed by atoms with E-state index in [0.29, 0.717) is 18.8 Å². The van der Waals surface area contributed by atoms with Crippen LogP contribution in [0.25, 0.3) is 0 Å². The van der Waals surface area contributed by atoms with Crippen LogP contribution in [0.2, 0.25) is 0 Å². The summed E-state index contributed by atoms with van der Waals surface area (Å²) in [7, 11) is 1.59. The Hall–Kier alpha value is -1.27. The van der Waals surface area contributed by atoms with Crippen LogP contribution in [-0.4, -0.2) is 32.7 Å². The van der Waals surface area contributed by atoms with E-state index in [1.54, 1.807) is 13.2 Å². The quantitative estimate of drug-likeness (QED) is 0.545. The van der Waals surface area contributed by atoms with Gasteiger partial charge in [-0.25, -0.2) is 0 Å². The van der Waals surface area contributed by atoms with Gasteiger partial charge in [0.25, 0.3) is 0 Å². The minimum absolute atomic E-state index is 0.0959. The third-order valence-electron chi connectivity index (χ3n) is 2.08. The first kappa shape index (κ1) is 13.8. The minimum Gasteiger partial charge on any atom is -0.397 e. The van der Waals surface area contributed by atoms with Crippen molar-refractivity contribution in [2.45, 2.75) is 0 Å². The zero-order valence-corrected chi connectivity index (χ0v) is 11.2. The van der Waals surface area contributed by atoms with Gasteiger partial charge in [0.05, 0.1) is 24.5 Å². The van der Waals surface area contributed by atoms with E-state index < -0.39 is 0 Å². The highest BCUT2D eigenvalue weighted by Gasteiger charge is 2.03. The highest BCUT2D eigenvalue weighted by molar-refractivity contribution is 9.10. The van der Waals surface area contributed by atoms with Crippen LogP contribution in [0, 0.1) is 0 Å². The standard InChI is InChI=1S/C11H16BrN3O2/c1-17-5-4-14-11(16)7-15-10-6-8(12)2-3-9(10)13/h2-3,6,15H,4-5,7,13H2,1H3,(H,14,16). The summed E-state index contributed by atoms with van der Waals surface area (Å²) in [5.74, 6) is -0.0959. The molecule has 0 saturated carbocycles. The van der Waals surface area contributed by atoms with Gasteiger partial charge in [0.1, 0.15) is 0 Å². The molecule has 6 heteroatoms. The normalized spacial score (nSPS) is 10.0. The SMILES string of the molecule is COCCNC(=O)CNc1cc(Br)ccc1N. The third kappa shape index (κ3) is 5.06. The van der Waals surface area contributed by atoms with E-state index in [0.717, 1.165) is 10.2 Å². The Labute approximate surface area is 109 Å². The van der Waals surface area contributed by atoms with E-state index in [-0.39, 0.29) is 12.5 Å². The van der Waals surface area contributed by atoms with Crippen molar-refractivity contribution in [1.29, 1.82) is 0 Å². The van der Waals surface area contributed by atoms with E-state index >= 15 is 0 Å². The van der Waals surface area contributed by atoms with Crippen LogP contribution in [0.4, 0.5) is 11.4 Å². The molecule has 17 heavy (non-hydrogen) atoms. The Morgan fingerprint density at radius 3 is 3.00 bits per heavy atom. The first-order valence-corrected chi connectivity index (χ1v) is 5.97. The Bertz CT molecular complexity index is 385. The number of ether oxygens (including phenoxy) is 1. The average Bonchev–Trinajstić information content (AvgIpc) is 2.31. The number of carbonyl (C=O) groups is 1. The summed E-state index contributed by atoms with van der Waals surface area (Å²) in [6.07, 6.45) is 0. The van der Waals surface area contributed by atoms with Crippen LogP contribution in [0.15, 0.2) is 22.7 Å². The fourth-order valence-electron chi connectivity index (χ4n) is 1.21. The predicted octanol–water partition coefficient (Wildman–Crippen LogP) is 1.21. The minimum atomic E-state index is -0.0959. The molecule has 94 valence electrons. The van der Waals surface area contributed by atoms with Crippen molar-refractivity contribution in [1.82, 2.24) is 5.32 Å². The molecule has 0 atom stereocenters. The summed E-state index contributed by atoms with van der Waals surface area (Å²) in [6, 6.07) is 5.45. The molecule has 0 heterocycles. The van der Waals surface area contributed by atoms with Crippen molar-refractivity contribution in [3.63, 3.8) is 0 Å². The van der Waals surface area contributed by atoms with Crippen LogP contribution in [0.1, 0.15) is 0 Å². The molecule has 0 aliphatic carbocycles. The molecule has 0 fully saturated rings. The van der Waals surface area contributed by atoms with Crippen LogP contribution in [-0.2, 0) is 9.53 Å². The van der Waals surface area contributed by atoms with Gasteiger partial charge in [0.2, 0.25) is 5.91 Å². The maximum Gasteiger partial charge on any atom is 0.239 e. The van der Waals surface area contributed by atoms with Crippen molar-refractivity contribution in [3.05, 3.63) is 22.7 Å². The lowest BCUT2D eigenvalue weighted by atomic mass is 10.2. The number of hydrogen-bond acceptors (Lipinski definition) is 4. The number of benzene rings is 1. The number of nitrogen functional groups attached to an aromatic ring is 1. The summed E-state index contributed by atoms with van der Waals surface area (Å²) in [4.78, 5) is 11.4. The second kappa shape index (κ2) is 7.13. The molecule has 0 aromatic heterocycles. The lowest BCUT2D eigenvalue weighted by Crippen LogP contribution is -2.32. The van der Waals surface area contributed by atoms with E-state index in [9.17, 15) is 4.79 Å². The third-order valence-corrected chi connectivity index (χ3v) is 2.58. The van der Waals surface area contributed by atoms with Gasteiger partial charge in [-0.2, -0.15) is 0 Å². The summed E-state index contributed by atoms with van der Waals surface area (Å²) < 4.78 is 5.74. The number of anilines is 2. The summed E-state index contributed by atoms with van der Waals surface area (Å²) in [5, 5.41) is 5.68. The molecular weight excluding hydrogens is 286 g/mol. The molecule has 0 unspecified atom stereocenters. The first-order valence-electron chi connectivity index (χ1n) is 5.18. The Morgan fingerprint density at radius 2 is 2.29 bits per heavy atom. The molecule has 4 N–H and O–H groups in total. The highest BCUT2D eigenvalue weighted by atomic mass is 79.9. The molecule has 1 aromatic rings. The molecule has 0 radical (unpaired) electrons. The van der Waals surface area contributed by atoms with E-state index in [2.05, 4.69) is 26.6 Å². The van der Waals surface area contributed by atoms with Gasteiger partial charge in [-0.3, -0.25) is 4.79 Å². The average molecular weight is 302 g/mol. The smallest absolute Gasteiger partial charge is 0.239 e. The number of hydrogen-bond donors (Lipinski definition) is 3. The molecule has 0 aliphatic rings. The van der Waals surface area contributed by atoms with Gasteiger partial charge >= 0.3 is 0 Å². The number of halogens is 1. The number of rotatable bonds is 6. The zero-order chi connectivity index (χ0) is 12.7. The van der Waals surface area contributed by atoms with Gasteiger partial charge in [0.15, 0.2) is 0 Å². The maximum absolute atomic E-state index is 11.4. The fourth-order valence-corrected chi connectivity index (χ4v) is 1.57. The number of carbonyl (C=O) groups excluding carboxylic acids is 1. The second-order valence-corrected chi connectivity index (χ2v) is 4.34. The lowest BCUT2D eigenvalue weighted by Gasteiger charge is -2.10. The summed E-state index contributed by atoms with van der Waals surface area (Å²) in [5.41, 5.74) is 7.11. The highest BCUT2D eigenvalue weighted by Crippen LogP contribution is 2.22. The zero-order valence-electron chi connectivity index (χ0n) is 9.63. The summed E-state index contributed by atoms with van der Waals surface area (Å²) in [6.45, 7) is 1.19. The first-order chi connectivity index (χ1) is 8.13. The van der Waals surface area contributed by atoms with Crippen LogP contribution in [0.5, 0.6) is 0 Å². The van der Waals surface area contributed by atoms with Crippen LogP contribution >= 0.6 is 15.9 Å². The van der Waals surface area contributed by atoms with Crippen LogP contribution < -0.4 is 16.4 Å². The number of nitrogens with two attached hydrogens (primary N) is 1. The Kier molecular flexibility index (Phi) is 5.79.